The molecule has 0 unspecified atom stereocenters. The molecule has 3 aromatic carbocycles. The second-order valence-electron chi connectivity index (χ2n) is 14.2. The Morgan fingerprint density at radius 3 is 2.33 bits per heavy atom. The molecule has 3 aliphatic rings. The Morgan fingerprint density at radius 1 is 0.962 bits per heavy atom. The van der Waals surface area contributed by atoms with Crippen molar-refractivity contribution in [1.82, 2.24) is 15.1 Å². The van der Waals surface area contributed by atoms with Crippen LogP contribution in [0.2, 0.25) is 0 Å². The zero-order chi connectivity index (χ0) is 36.8. The molecule has 0 aromatic heterocycles. The molecule has 3 fully saturated rings. The first-order chi connectivity index (χ1) is 25.1. The number of nitrogens with one attached hydrogen (secondary N) is 1. The summed E-state index contributed by atoms with van der Waals surface area (Å²) in [5, 5.41) is 12.4. The maximum Gasteiger partial charge on any atom is 0.471 e. The van der Waals surface area contributed by atoms with Crippen LogP contribution in [0.1, 0.15) is 80.1 Å². The van der Waals surface area contributed by atoms with Gasteiger partial charge in [0.1, 0.15) is 6.04 Å². The number of aliphatic hydroxyl groups is 1. The second kappa shape index (κ2) is 16.8. The number of rotatable bonds is 12. The van der Waals surface area contributed by atoms with E-state index in [0.29, 0.717) is 17.4 Å². The summed E-state index contributed by atoms with van der Waals surface area (Å²) in [6.07, 6.45) is 1.27. The molecule has 1 aliphatic carbocycles. The first-order valence-electron chi connectivity index (χ1n) is 18.3. The van der Waals surface area contributed by atoms with Gasteiger partial charge in [-0.05, 0) is 53.5 Å². The molecule has 6 rings (SSSR count). The SMILES string of the molecule is C=CCN(C[C@@H]1O[C@H](c2ccc(-c3ccccc3CNC(=O)[C@@H]3CCCN3C(=O)C(F)(F)F)cc2)O[C@H](c2ccc(CO)cc2)[C@@H]1C)C1CCCC1. The lowest BCUT2D eigenvalue weighted by molar-refractivity contribution is -0.276. The van der Waals surface area contributed by atoms with E-state index in [1.165, 1.54) is 25.7 Å². The van der Waals surface area contributed by atoms with Gasteiger partial charge in [0.05, 0.1) is 18.8 Å². The van der Waals surface area contributed by atoms with E-state index in [9.17, 15) is 27.9 Å². The van der Waals surface area contributed by atoms with E-state index in [1.807, 2.05) is 78.9 Å². The van der Waals surface area contributed by atoms with Crippen molar-refractivity contribution in [2.45, 2.75) is 95.4 Å². The Hall–Kier alpha value is -4.03. The van der Waals surface area contributed by atoms with E-state index in [-0.39, 0.29) is 44.2 Å². The quantitative estimate of drug-likeness (QED) is 0.192. The van der Waals surface area contributed by atoms with Gasteiger partial charge >= 0.3 is 12.1 Å². The lowest BCUT2D eigenvalue weighted by Crippen LogP contribution is -2.50. The van der Waals surface area contributed by atoms with E-state index < -0.39 is 30.3 Å². The van der Waals surface area contributed by atoms with Crippen LogP contribution >= 0.6 is 0 Å². The summed E-state index contributed by atoms with van der Waals surface area (Å²) < 4.78 is 52.8. The van der Waals surface area contributed by atoms with Crippen LogP contribution in [-0.4, -0.2) is 70.7 Å². The topological polar surface area (TPSA) is 91.3 Å². The third kappa shape index (κ3) is 8.60. The molecule has 5 atom stereocenters. The molecule has 2 saturated heterocycles. The van der Waals surface area contributed by atoms with Crippen LogP contribution in [0.3, 0.4) is 0 Å². The summed E-state index contributed by atoms with van der Waals surface area (Å²) in [6.45, 7) is 7.70. The summed E-state index contributed by atoms with van der Waals surface area (Å²) in [4.78, 5) is 28.0. The minimum absolute atomic E-state index is 0.0302. The van der Waals surface area contributed by atoms with E-state index in [2.05, 4.69) is 23.7 Å². The van der Waals surface area contributed by atoms with E-state index in [1.54, 1.807) is 0 Å². The molecule has 1 saturated carbocycles. The van der Waals surface area contributed by atoms with Crippen molar-refractivity contribution < 1.29 is 37.3 Å². The number of benzene rings is 3. The van der Waals surface area contributed by atoms with Crippen molar-refractivity contribution in [3.8, 4) is 11.1 Å². The zero-order valence-electron chi connectivity index (χ0n) is 29.6. The molecule has 0 radical (unpaired) electrons. The van der Waals surface area contributed by atoms with Crippen molar-refractivity contribution in [2.24, 2.45) is 5.92 Å². The second-order valence-corrected chi connectivity index (χ2v) is 14.2. The average Bonchev–Trinajstić information content (AvgIpc) is 3.88. The fraction of sp³-hybridized carbons (Fsp3) is 0.463. The Morgan fingerprint density at radius 2 is 1.65 bits per heavy atom. The van der Waals surface area contributed by atoms with Gasteiger partial charge in [0.15, 0.2) is 6.29 Å². The van der Waals surface area contributed by atoms with Crippen LogP contribution in [0.4, 0.5) is 13.2 Å². The standard InChI is InChI=1S/C41H48F3N3O5/c1-3-22-46(33-10-5-6-11-33)25-36-27(2)37(30-16-14-28(26-48)15-17-30)52-39(51-36)31-20-18-29(19-21-31)34-12-7-4-9-32(34)24-45-38(49)35-13-8-23-47(35)40(50)41(42,43)44/h3-4,7,9,12,14-21,27,33,35-37,39,48H,1,5-6,8,10-11,13,22-26H2,2H3,(H,45,49)/t27-,35+,36+,37+,39+/m1/s1. The first kappa shape index (κ1) is 37.7. The molecule has 11 heteroatoms. The van der Waals surface area contributed by atoms with Crippen LogP contribution in [0.15, 0.2) is 85.5 Å². The number of likely N-dealkylation sites (tertiary alicyclic amines) is 1. The maximum absolute atomic E-state index is 13.1. The molecule has 3 aromatic rings. The summed E-state index contributed by atoms with van der Waals surface area (Å²) >= 11 is 0. The zero-order valence-corrected chi connectivity index (χ0v) is 29.6. The third-order valence-corrected chi connectivity index (χ3v) is 10.8. The Kier molecular flexibility index (Phi) is 12.2. The predicted molar refractivity (Wildman–Crippen MR) is 192 cm³/mol. The van der Waals surface area contributed by atoms with Gasteiger partial charge in [-0.1, -0.05) is 98.6 Å². The number of carbonyl (C=O) groups is 2. The highest BCUT2D eigenvalue weighted by atomic mass is 19.4. The van der Waals surface area contributed by atoms with Crippen molar-refractivity contribution in [2.75, 3.05) is 19.6 Å². The highest BCUT2D eigenvalue weighted by Crippen LogP contribution is 2.43. The van der Waals surface area contributed by atoms with Crippen LogP contribution in [-0.2, 0) is 32.2 Å². The minimum atomic E-state index is -5.03. The summed E-state index contributed by atoms with van der Waals surface area (Å²) in [5.74, 6) is -2.53. The molecule has 2 aliphatic heterocycles. The summed E-state index contributed by atoms with van der Waals surface area (Å²) in [6, 6.07) is 22.7. The number of carbonyl (C=O) groups excluding carboxylic acids is 2. The van der Waals surface area contributed by atoms with Crippen molar-refractivity contribution in [3.05, 3.63) is 108 Å². The summed E-state index contributed by atoms with van der Waals surface area (Å²) in [5.41, 5.74) is 5.25. The minimum Gasteiger partial charge on any atom is -0.392 e. The van der Waals surface area contributed by atoms with Gasteiger partial charge in [0.25, 0.3) is 0 Å². The fourth-order valence-corrected chi connectivity index (χ4v) is 7.89. The first-order valence-corrected chi connectivity index (χ1v) is 18.3. The largest absolute Gasteiger partial charge is 0.471 e. The number of alkyl halides is 3. The van der Waals surface area contributed by atoms with E-state index in [4.69, 9.17) is 9.47 Å². The average molecular weight is 720 g/mol. The van der Waals surface area contributed by atoms with Crippen molar-refractivity contribution >= 4 is 11.8 Å². The fourth-order valence-electron chi connectivity index (χ4n) is 7.89. The molecule has 2 heterocycles. The summed E-state index contributed by atoms with van der Waals surface area (Å²) in [7, 11) is 0. The van der Waals surface area contributed by atoms with Gasteiger partial charge in [-0.2, -0.15) is 13.2 Å². The highest BCUT2D eigenvalue weighted by Gasteiger charge is 2.47. The number of hydrogen-bond acceptors (Lipinski definition) is 6. The molecule has 278 valence electrons. The molecule has 52 heavy (non-hydrogen) atoms. The molecule has 0 bridgehead atoms. The van der Waals surface area contributed by atoms with Gasteiger partial charge < -0.3 is 24.8 Å². The van der Waals surface area contributed by atoms with Crippen molar-refractivity contribution in [3.63, 3.8) is 0 Å². The highest BCUT2D eigenvalue weighted by molar-refractivity contribution is 5.90. The monoisotopic (exact) mass is 719 g/mol. The molecular weight excluding hydrogens is 671 g/mol. The van der Waals surface area contributed by atoms with Crippen LogP contribution in [0.25, 0.3) is 11.1 Å². The number of amides is 2. The van der Waals surface area contributed by atoms with E-state index >= 15 is 0 Å². The number of ether oxygens (including phenoxy) is 2. The third-order valence-electron chi connectivity index (χ3n) is 10.8. The molecule has 2 N–H and O–H groups in total. The smallest absolute Gasteiger partial charge is 0.392 e. The van der Waals surface area contributed by atoms with Gasteiger partial charge in [0, 0.05) is 43.7 Å². The Bertz CT molecular complexity index is 1680. The van der Waals surface area contributed by atoms with Gasteiger partial charge in [-0.15, -0.1) is 6.58 Å². The molecule has 0 spiro atoms. The van der Waals surface area contributed by atoms with Gasteiger partial charge in [-0.25, -0.2) is 0 Å². The molecule has 8 nitrogen and oxygen atoms in total. The van der Waals surface area contributed by atoms with Gasteiger partial charge in [-0.3, -0.25) is 14.5 Å². The Labute approximate surface area is 303 Å². The molecular formula is C41H48F3N3O5. The number of halogens is 3. The van der Waals surface area contributed by atoms with Crippen LogP contribution < -0.4 is 5.32 Å². The van der Waals surface area contributed by atoms with Crippen LogP contribution in [0, 0.1) is 5.92 Å². The maximum atomic E-state index is 13.1. The van der Waals surface area contributed by atoms with Crippen LogP contribution in [0.5, 0.6) is 0 Å². The normalized spacial score (nSPS) is 24.0. The number of nitrogens with zero attached hydrogens (tertiary/aromatic N) is 2. The predicted octanol–water partition coefficient (Wildman–Crippen LogP) is 7.24. The molecule has 2 amide bonds. The number of hydrogen-bond donors (Lipinski definition) is 2. The number of aliphatic hydroxyl groups excluding tert-OH is 1. The Balaban J connectivity index is 1.19. The van der Waals surface area contributed by atoms with Gasteiger partial charge in [0.2, 0.25) is 5.91 Å². The lowest BCUT2D eigenvalue weighted by Gasteiger charge is -2.43. The lowest BCUT2D eigenvalue weighted by atomic mass is 9.89. The van der Waals surface area contributed by atoms with Crippen molar-refractivity contribution in [1.29, 1.82) is 0 Å². The van der Waals surface area contributed by atoms with E-state index in [0.717, 1.165) is 46.5 Å².